The molecule has 288 valence electrons. The molecule has 1 heterocycles. The van der Waals surface area contributed by atoms with Gasteiger partial charge in [-0.3, -0.25) is 14.4 Å². The van der Waals surface area contributed by atoms with Gasteiger partial charge in [-0.15, -0.1) is 0 Å². The van der Waals surface area contributed by atoms with Crippen LogP contribution in [-0.2, 0) is 19.1 Å². The lowest BCUT2D eigenvalue weighted by Crippen LogP contribution is -2.66. The summed E-state index contributed by atoms with van der Waals surface area (Å²) in [7, 11) is 0. The van der Waals surface area contributed by atoms with Gasteiger partial charge in [-0.25, -0.2) is 0 Å². The van der Waals surface area contributed by atoms with Crippen molar-refractivity contribution in [2.24, 2.45) is 62.1 Å². The van der Waals surface area contributed by atoms with Crippen molar-refractivity contribution in [3.8, 4) is 0 Å². The predicted octanol–water partition coefficient (Wildman–Crippen LogP) is 9.05. The van der Waals surface area contributed by atoms with Crippen molar-refractivity contribution < 1.29 is 24.2 Å². The quantitative estimate of drug-likeness (QED) is 0.174. The highest BCUT2D eigenvalue weighted by molar-refractivity contribution is 5.73. The molecule has 0 aromatic carbocycles. The second-order valence-corrected chi connectivity index (χ2v) is 21.0. The molecular weight excluding hydrogens is 636 g/mol. The Bertz CT molecular complexity index is 1390. The minimum absolute atomic E-state index is 0.0369. The van der Waals surface area contributed by atoms with E-state index in [0.29, 0.717) is 40.5 Å². The number of nitrogens with zero attached hydrogens (tertiary/aromatic N) is 1. The molecule has 5 aliphatic carbocycles. The Kier molecular flexibility index (Phi) is 10.2. The summed E-state index contributed by atoms with van der Waals surface area (Å²) in [5.74, 6) is 2.17. The largest absolute Gasteiger partial charge is 0.481 e. The van der Waals surface area contributed by atoms with Crippen LogP contribution >= 0.6 is 0 Å². The Morgan fingerprint density at radius 2 is 1.59 bits per heavy atom. The summed E-state index contributed by atoms with van der Waals surface area (Å²) in [4.78, 5) is 39.0. The molecule has 1 aliphatic heterocycles. The molecule has 0 bridgehead atoms. The highest BCUT2D eigenvalue weighted by Gasteiger charge is 2.71. The summed E-state index contributed by atoms with van der Waals surface area (Å²) in [6.07, 6.45) is 14.6. The fraction of sp³-hybridized carbons (Fsp3) is 0.886. The zero-order chi connectivity index (χ0) is 37.4. The molecule has 0 spiro atoms. The van der Waals surface area contributed by atoms with Crippen molar-refractivity contribution in [1.29, 1.82) is 0 Å². The second kappa shape index (κ2) is 13.4. The normalized spacial score (nSPS) is 43.3. The zero-order valence-corrected chi connectivity index (χ0v) is 33.8. The van der Waals surface area contributed by atoms with Crippen molar-refractivity contribution in [3.63, 3.8) is 0 Å². The monoisotopic (exact) mass is 709 g/mol. The summed E-state index contributed by atoms with van der Waals surface area (Å²) in [6.45, 7) is 28.3. The summed E-state index contributed by atoms with van der Waals surface area (Å²) in [5.41, 5.74) is 1.82. The maximum atomic E-state index is 13.2. The third-order valence-electron chi connectivity index (χ3n) is 17.3. The third-order valence-corrected chi connectivity index (χ3v) is 17.3. The van der Waals surface area contributed by atoms with Gasteiger partial charge in [0.25, 0.3) is 0 Å². The van der Waals surface area contributed by atoms with Crippen LogP contribution in [0.4, 0.5) is 0 Å². The van der Waals surface area contributed by atoms with E-state index in [1.54, 1.807) is 6.92 Å². The van der Waals surface area contributed by atoms with Crippen molar-refractivity contribution in [2.75, 3.05) is 19.6 Å². The molecule has 51 heavy (non-hydrogen) atoms. The minimum Gasteiger partial charge on any atom is -0.481 e. The fourth-order valence-corrected chi connectivity index (χ4v) is 14.8. The van der Waals surface area contributed by atoms with E-state index in [4.69, 9.17) is 4.74 Å². The Morgan fingerprint density at radius 3 is 2.25 bits per heavy atom. The lowest BCUT2D eigenvalue weighted by atomic mass is 9.32. The van der Waals surface area contributed by atoms with E-state index in [2.05, 4.69) is 58.3 Å². The van der Waals surface area contributed by atoms with E-state index in [1.807, 2.05) is 13.8 Å². The zero-order valence-electron chi connectivity index (χ0n) is 33.8. The number of hydrogen-bond acceptors (Lipinski definition) is 5. The van der Waals surface area contributed by atoms with Gasteiger partial charge in [0, 0.05) is 31.5 Å². The van der Waals surface area contributed by atoms with Crippen LogP contribution in [-0.4, -0.2) is 59.6 Å². The summed E-state index contributed by atoms with van der Waals surface area (Å²) in [5, 5.41) is 12.5. The molecule has 7 nitrogen and oxygen atoms in total. The number of ether oxygens (including phenoxy) is 1. The average molecular weight is 709 g/mol. The van der Waals surface area contributed by atoms with Crippen molar-refractivity contribution in [3.05, 3.63) is 12.2 Å². The first-order valence-corrected chi connectivity index (χ1v) is 20.7. The molecule has 6 fully saturated rings. The maximum absolute atomic E-state index is 13.2. The first kappa shape index (κ1) is 38.8. The van der Waals surface area contributed by atoms with E-state index in [1.165, 1.54) is 63.4 Å². The van der Waals surface area contributed by atoms with Crippen LogP contribution in [0.25, 0.3) is 0 Å². The minimum atomic E-state index is -0.873. The van der Waals surface area contributed by atoms with Gasteiger partial charge in [-0.05, 0) is 147 Å². The maximum Gasteiger partial charge on any atom is 0.306 e. The van der Waals surface area contributed by atoms with Crippen LogP contribution < -0.4 is 5.32 Å². The average Bonchev–Trinajstić information content (AvgIpc) is 3.61. The number of amides is 1. The van der Waals surface area contributed by atoms with Crippen LogP contribution in [0.5, 0.6) is 0 Å². The standard InChI is InChI=1S/C44H72N2O5/c1-28(2)31-13-19-44(22-24-46-23-16-30(27-46)45-29(3)47)21-20-42(9)32(38(31)44)11-12-34-41(8)17-15-35(40(6,7)33(41)14-18-43(34,42)10)51-37(50)26-39(4,5)25-36(48)49/h30-35,38H,1,11-27H2,2-10H3,(H,45,47)(H,48,49)/t30?,31-,32+,33?,34?,35?,38?,41-,42+,43+,44+/m0/s1. The number of rotatable bonds is 10. The second-order valence-electron chi connectivity index (χ2n) is 21.0. The number of carboxylic acid groups (broad SMARTS) is 1. The number of likely N-dealkylation sites (tertiary alicyclic amines) is 1. The lowest BCUT2D eigenvalue weighted by Gasteiger charge is -2.73. The number of carbonyl (C=O) groups excluding carboxylic acids is 2. The Balaban J connectivity index is 1.20. The predicted molar refractivity (Wildman–Crippen MR) is 203 cm³/mol. The van der Waals surface area contributed by atoms with Crippen LogP contribution in [0.2, 0.25) is 0 Å². The number of fused-ring (bicyclic) bond motifs is 7. The van der Waals surface area contributed by atoms with Gasteiger partial charge in [0.1, 0.15) is 6.10 Å². The van der Waals surface area contributed by atoms with Crippen LogP contribution in [0, 0.1) is 62.1 Å². The number of carboxylic acids is 1. The molecule has 11 atom stereocenters. The van der Waals surface area contributed by atoms with Gasteiger partial charge in [0.2, 0.25) is 5.91 Å². The van der Waals surface area contributed by atoms with Gasteiger partial charge in [-0.1, -0.05) is 60.6 Å². The van der Waals surface area contributed by atoms with Crippen molar-refractivity contribution in [1.82, 2.24) is 10.2 Å². The van der Waals surface area contributed by atoms with E-state index in [-0.39, 0.29) is 47.1 Å². The lowest BCUT2D eigenvalue weighted by molar-refractivity contribution is -0.250. The first-order valence-electron chi connectivity index (χ1n) is 20.7. The Labute approximate surface area is 309 Å². The van der Waals surface area contributed by atoms with Crippen molar-refractivity contribution >= 4 is 17.8 Å². The van der Waals surface area contributed by atoms with E-state index in [9.17, 15) is 19.5 Å². The van der Waals surface area contributed by atoms with Crippen molar-refractivity contribution in [2.45, 2.75) is 164 Å². The Hall–Kier alpha value is -1.89. The molecule has 2 N–H and O–H groups in total. The number of aliphatic carboxylic acids is 1. The number of allylic oxidation sites excluding steroid dienone is 1. The molecule has 0 radical (unpaired) electrons. The van der Waals surface area contributed by atoms with E-state index in [0.717, 1.165) is 44.8 Å². The van der Waals surface area contributed by atoms with Gasteiger partial charge in [0.05, 0.1) is 12.8 Å². The molecule has 0 aromatic heterocycles. The SMILES string of the molecule is C=C(C)[C@@H]1CC[C@]2(CCN3CCC(NC(C)=O)C3)CC[C@]3(C)[C@H](CCC4[C@@]5(C)CCC(OC(=O)CC(C)(C)CC(=O)O)C(C)(C)C5CC[C@]43C)C12. The topological polar surface area (TPSA) is 95.9 Å². The highest BCUT2D eigenvalue weighted by atomic mass is 16.5. The first-order chi connectivity index (χ1) is 23.7. The number of esters is 1. The number of carbonyl (C=O) groups is 3. The van der Waals surface area contributed by atoms with Gasteiger partial charge >= 0.3 is 11.9 Å². The van der Waals surface area contributed by atoms with E-state index >= 15 is 0 Å². The Morgan fingerprint density at radius 1 is 0.863 bits per heavy atom. The molecule has 5 saturated carbocycles. The summed E-state index contributed by atoms with van der Waals surface area (Å²) < 4.78 is 6.30. The third kappa shape index (κ3) is 6.64. The number of nitrogens with one attached hydrogen (secondary N) is 1. The summed E-state index contributed by atoms with van der Waals surface area (Å²) >= 11 is 0. The molecular formula is C44H72N2O5. The van der Waals surface area contributed by atoms with Crippen LogP contribution in [0.3, 0.4) is 0 Å². The molecule has 0 aromatic rings. The highest BCUT2D eigenvalue weighted by Crippen LogP contribution is 2.78. The summed E-state index contributed by atoms with van der Waals surface area (Å²) in [6, 6.07) is 0.298. The molecule has 6 aliphatic rings. The van der Waals surface area contributed by atoms with Crippen LogP contribution in [0.15, 0.2) is 12.2 Å². The van der Waals surface area contributed by atoms with Gasteiger partial charge in [-0.2, -0.15) is 0 Å². The molecule has 5 unspecified atom stereocenters. The molecule has 1 amide bonds. The molecule has 7 heteroatoms. The van der Waals surface area contributed by atoms with E-state index < -0.39 is 11.4 Å². The fourth-order valence-electron chi connectivity index (χ4n) is 14.8. The number of hydrogen-bond donors (Lipinski definition) is 2. The molecule has 1 saturated heterocycles. The smallest absolute Gasteiger partial charge is 0.306 e. The molecule has 6 rings (SSSR count). The van der Waals surface area contributed by atoms with Crippen LogP contribution in [0.1, 0.15) is 152 Å². The van der Waals surface area contributed by atoms with Gasteiger partial charge < -0.3 is 20.1 Å². The van der Waals surface area contributed by atoms with Gasteiger partial charge in [0.15, 0.2) is 0 Å².